The Balaban J connectivity index is 3.28. The van der Waals surface area contributed by atoms with Crippen molar-refractivity contribution in [3.8, 4) is 0 Å². The molecule has 0 radical (unpaired) electrons. The molecule has 0 bridgehead atoms. The summed E-state index contributed by atoms with van der Waals surface area (Å²) in [7, 11) is 0. The smallest absolute Gasteiger partial charge is 0.303 e. The van der Waals surface area contributed by atoms with Crippen molar-refractivity contribution in [1.29, 1.82) is 0 Å². The first-order valence-corrected chi connectivity index (χ1v) is 3.14. The second-order valence-corrected chi connectivity index (χ2v) is 1.91. The van der Waals surface area contributed by atoms with Gasteiger partial charge >= 0.3 is 5.97 Å². The summed E-state index contributed by atoms with van der Waals surface area (Å²) in [6, 6.07) is 0. The van der Waals surface area contributed by atoms with Crippen LogP contribution >= 0.6 is 12.6 Å². The number of Topliss-reactive ketones (excluding diaryl/α,β-unsaturated/α-hetero) is 1. The molecule has 0 heterocycles. The van der Waals surface area contributed by atoms with Gasteiger partial charge in [0.25, 0.3) is 0 Å². The third-order valence-corrected chi connectivity index (χ3v) is 1.15. The second kappa shape index (κ2) is 4.38. The highest BCUT2D eigenvalue weighted by atomic mass is 32.1. The molecule has 1 N–H and O–H groups in total. The number of aliphatic carboxylic acids is 1. The minimum Gasteiger partial charge on any atom is -0.481 e. The van der Waals surface area contributed by atoms with Crippen LogP contribution in [0.5, 0.6) is 0 Å². The predicted molar refractivity (Wildman–Crippen MR) is 35.7 cm³/mol. The molecule has 0 fully saturated rings. The highest BCUT2D eigenvalue weighted by molar-refractivity contribution is 7.81. The highest BCUT2D eigenvalue weighted by Crippen LogP contribution is 1.91. The third-order valence-electron chi connectivity index (χ3n) is 0.794. The van der Waals surface area contributed by atoms with Gasteiger partial charge in [-0.2, -0.15) is 12.6 Å². The van der Waals surface area contributed by atoms with E-state index in [9.17, 15) is 9.59 Å². The molecule has 0 aromatic carbocycles. The van der Waals surface area contributed by atoms with E-state index in [4.69, 9.17) is 5.11 Å². The van der Waals surface area contributed by atoms with Crippen molar-refractivity contribution in [3.05, 3.63) is 0 Å². The van der Waals surface area contributed by atoms with E-state index >= 15 is 0 Å². The SMILES string of the molecule is O=C(O)CCC(=O)CS. The Hall–Kier alpha value is -0.510. The lowest BCUT2D eigenvalue weighted by atomic mass is 10.2. The van der Waals surface area contributed by atoms with Crippen LogP contribution in [0.25, 0.3) is 0 Å². The Bertz CT molecular complexity index is 121. The molecular weight excluding hydrogens is 140 g/mol. The predicted octanol–water partition coefficient (Wildman–Crippen LogP) is 0.350. The molecular formula is C5H8O3S. The van der Waals surface area contributed by atoms with Gasteiger partial charge in [-0.1, -0.05) is 0 Å². The molecule has 0 aromatic heterocycles. The maximum absolute atomic E-state index is 10.4. The molecule has 4 heteroatoms. The Morgan fingerprint density at radius 1 is 1.33 bits per heavy atom. The number of carbonyl (C=O) groups excluding carboxylic acids is 1. The van der Waals surface area contributed by atoms with Gasteiger partial charge in [-0.05, 0) is 0 Å². The lowest BCUT2D eigenvalue weighted by molar-refractivity contribution is -0.138. The van der Waals surface area contributed by atoms with Crippen molar-refractivity contribution in [2.24, 2.45) is 0 Å². The van der Waals surface area contributed by atoms with Crippen molar-refractivity contribution in [2.45, 2.75) is 12.8 Å². The molecule has 0 spiro atoms. The molecule has 3 nitrogen and oxygen atoms in total. The van der Waals surface area contributed by atoms with Gasteiger partial charge < -0.3 is 5.11 Å². The first-order chi connectivity index (χ1) is 4.16. The van der Waals surface area contributed by atoms with Crippen LogP contribution in [-0.2, 0) is 9.59 Å². The van der Waals surface area contributed by atoms with Crippen LogP contribution in [0.1, 0.15) is 12.8 Å². The summed E-state index contributed by atoms with van der Waals surface area (Å²) in [5.41, 5.74) is 0. The number of rotatable bonds is 4. The third kappa shape index (κ3) is 5.36. The quantitative estimate of drug-likeness (QED) is 0.565. The zero-order chi connectivity index (χ0) is 7.28. The Labute approximate surface area is 58.5 Å². The van der Waals surface area contributed by atoms with Crippen LogP contribution in [0.2, 0.25) is 0 Å². The molecule has 0 rings (SSSR count). The Kier molecular flexibility index (Phi) is 4.13. The van der Waals surface area contributed by atoms with E-state index in [1.807, 2.05) is 0 Å². The topological polar surface area (TPSA) is 54.4 Å². The van der Waals surface area contributed by atoms with E-state index in [0.29, 0.717) is 0 Å². The number of hydrogen-bond acceptors (Lipinski definition) is 3. The van der Waals surface area contributed by atoms with Gasteiger partial charge in [0.2, 0.25) is 0 Å². The average Bonchev–Trinajstić information content (AvgIpc) is 1.83. The van der Waals surface area contributed by atoms with Crippen LogP contribution in [0.15, 0.2) is 0 Å². The monoisotopic (exact) mass is 148 g/mol. The summed E-state index contributed by atoms with van der Waals surface area (Å²) in [6.07, 6.45) is 0.0121. The second-order valence-electron chi connectivity index (χ2n) is 1.59. The van der Waals surface area contributed by atoms with Gasteiger partial charge in [-0.25, -0.2) is 0 Å². The highest BCUT2D eigenvalue weighted by Gasteiger charge is 2.01. The summed E-state index contributed by atoms with van der Waals surface area (Å²) in [5, 5.41) is 8.08. The maximum atomic E-state index is 10.4. The Morgan fingerprint density at radius 3 is 2.22 bits per heavy atom. The standard InChI is InChI=1S/C5H8O3S/c6-4(3-9)1-2-5(7)8/h9H,1-3H2,(H,7,8). The number of thiol groups is 1. The van der Waals surface area contributed by atoms with Crippen molar-refractivity contribution < 1.29 is 14.7 Å². The zero-order valence-electron chi connectivity index (χ0n) is 4.83. The van der Waals surface area contributed by atoms with Crippen LogP contribution in [0, 0.1) is 0 Å². The minimum atomic E-state index is -0.940. The Morgan fingerprint density at radius 2 is 1.89 bits per heavy atom. The molecule has 52 valence electrons. The van der Waals surface area contributed by atoms with Gasteiger partial charge in [0.1, 0.15) is 5.78 Å². The summed E-state index contributed by atoms with van der Waals surface area (Å²) in [6.45, 7) is 0. The first-order valence-electron chi connectivity index (χ1n) is 2.51. The van der Waals surface area contributed by atoms with E-state index in [0.717, 1.165) is 0 Å². The normalized spacial score (nSPS) is 9.00. The van der Waals surface area contributed by atoms with Crippen LogP contribution < -0.4 is 0 Å². The number of ketones is 1. The van der Waals surface area contributed by atoms with E-state index in [1.54, 1.807) is 0 Å². The zero-order valence-corrected chi connectivity index (χ0v) is 5.73. The number of hydrogen-bond donors (Lipinski definition) is 2. The fourth-order valence-electron chi connectivity index (χ4n) is 0.325. The molecule has 0 atom stereocenters. The lowest BCUT2D eigenvalue weighted by Gasteiger charge is -1.89. The number of carboxylic acid groups (broad SMARTS) is 1. The molecule has 9 heavy (non-hydrogen) atoms. The summed E-state index contributed by atoms with van der Waals surface area (Å²) < 4.78 is 0. The van der Waals surface area contributed by atoms with E-state index in [-0.39, 0.29) is 24.4 Å². The number of carbonyl (C=O) groups is 2. The molecule has 0 aliphatic heterocycles. The first kappa shape index (κ1) is 8.49. The van der Waals surface area contributed by atoms with Crippen molar-refractivity contribution >= 4 is 24.4 Å². The van der Waals surface area contributed by atoms with Crippen molar-refractivity contribution in [1.82, 2.24) is 0 Å². The van der Waals surface area contributed by atoms with E-state index < -0.39 is 5.97 Å². The van der Waals surface area contributed by atoms with Gasteiger partial charge in [-0.15, -0.1) is 0 Å². The molecule has 0 aliphatic carbocycles. The molecule has 0 saturated carbocycles. The molecule has 0 saturated heterocycles. The summed E-state index contributed by atoms with van der Waals surface area (Å²) in [5.74, 6) is -0.932. The van der Waals surface area contributed by atoms with Crippen LogP contribution in [0.3, 0.4) is 0 Å². The molecule has 0 unspecified atom stereocenters. The largest absolute Gasteiger partial charge is 0.481 e. The number of carboxylic acids is 1. The van der Waals surface area contributed by atoms with Gasteiger partial charge in [0.05, 0.1) is 6.42 Å². The molecule has 0 aliphatic rings. The van der Waals surface area contributed by atoms with Crippen LogP contribution in [-0.4, -0.2) is 22.6 Å². The maximum Gasteiger partial charge on any atom is 0.303 e. The molecule has 0 aromatic rings. The fraction of sp³-hybridized carbons (Fsp3) is 0.600. The minimum absolute atomic E-state index is 0.0839. The summed E-state index contributed by atoms with van der Waals surface area (Å²) >= 11 is 3.68. The summed E-state index contributed by atoms with van der Waals surface area (Å²) in [4.78, 5) is 20.2. The van der Waals surface area contributed by atoms with Gasteiger partial charge in [0, 0.05) is 12.2 Å². The average molecular weight is 148 g/mol. The van der Waals surface area contributed by atoms with Crippen molar-refractivity contribution in [3.63, 3.8) is 0 Å². The van der Waals surface area contributed by atoms with Crippen LogP contribution in [0.4, 0.5) is 0 Å². The van der Waals surface area contributed by atoms with Gasteiger partial charge in [-0.3, -0.25) is 9.59 Å². The van der Waals surface area contributed by atoms with E-state index in [1.165, 1.54) is 0 Å². The molecule has 0 amide bonds. The van der Waals surface area contributed by atoms with E-state index in [2.05, 4.69) is 12.6 Å². The van der Waals surface area contributed by atoms with Gasteiger partial charge in [0.15, 0.2) is 0 Å². The van der Waals surface area contributed by atoms with Crippen molar-refractivity contribution in [2.75, 3.05) is 5.75 Å². The fourth-order valence-corrected chi connectivity index (χ4v) is 0.484. The lowest BCUT2D eigenvalue weighted by Crippen LogP contribution is -2.03.